The Morgan fingerprint density at radius 1 is 1.00 bits per heavy atom. The van der Waals surface area contributed by atoms with Gasteiger partial charge in [0.2, 0.25) is 10.0 Å². The first-order chi connectivity index (χ1) is 12.7. The molecule has 0 fully saturated rings. The van der Waals surface area contributed by atoms with Crippen molar-refractivity contribution in [3.05, 3.63) is 30.3 Å². The molecule has 0 saturated heterocycles. The Morgan fingerprint density at radius 3 is 2.18 bits per heavy atom. The molecule has 156 valence electrons. The number of benzene rings is 2. The Morgan fingerprint density at radius 2 is 1.64 bits per heavy atom. The lowest BCUT2D eigenvalue weighted by molar-refractivity contribution is 0.284. The van der Waals surface area contributed by atoms with Crippen LogP contribution in [0, 0.1) is 0 Å². The maximum Gasteiger partial charge on any atom is 0.397 e. The number of fused-ring (bicyclic) bond motifs is 1. The number of hydrogen-bond donors (Lipinski definition) is 3. The summed E-state index contributed by atoms with van der Waals surface area (Å²) < 4.78 is 91.0. The van der Waals surface area contributed by atoms with Gasteiger partial charge in [-0.05, 0) is 30.5 Å². The summed E-state index contributed by atoms with van der Waals surface area (Å²) in [5, 5.41) is 10.4. The van der Waals surface area contributed by atoms with Crippen LogP contribution in [0.25, 0.3) is 10.8 Å². The van der Waals surface area contributed by atoms with E-state index in [9.17, 15) is 30.4 Å². The van der Waals surface area contributed by atoms with Crippen LogP contribution in [0.5, 0.6) is 5.75 Å². The molecule has 0 aromatic heterocycles. The minimum atomic E-state index is -4.78. The summed E-state index contributed by atoms with van der Waals surface area (Å²) in [6, 6.07) is 5.93. The fraction of sp³-hybridized carbons (Fsp3) is 0.286. The number of phenols is 1. The smallest absolute Gasteiger partial charge is 0.397 e. The zero-order chi connectivity index (χ0) is 21.3. The lowest BCUT2D eigenvalue weighted by Gasteiger charge is -2.23. The molecule has 0 aliphatic rings. The molecule has 0 spiro atoms. The van der Waals surface area contributed by atoms with Crippen molar-refractivity contribution in [3.8, 4) is 5.75 Å². The summed E-state index contributed by atoms with van der Waals surface area (Å²) in [6.07, 6.45) is 0. The molecular weight excluding hydrogens is 438 g/mol. The normalized spacial score (nSPS) is 13.0. The average Bonchev–Trinajstić information content (AvgIpc) is 2.53. The predicted molar refractivity (Wildman–Crippen MR) is 99.7 cm³/mol. The van der Waals surface area contributed by atoms with Crippen LogP contribution >= 0.6 is 0 Å². The molecule has 0 amide bonds. The summed E-state index contributed by atoms with van der Waals surface area (Å²) in [5.74, 6) is -1.23. The predicted octanol–water partition coefficient (Wildman–Crippen LogP) is 0.768. The molecule has 28 heavy (non-hydrogen) atoms. The Bertz CT molecular complexity index is 1200. The number of rotatable bonds is 8. The Kier molecular flexibility index (Phi) is 6.22. The fourth-order valence-corrected chi connectivity index (χ4v) is 4.78. The van der Waals surface area contributed by atoms with Crippen LogP contribution in [0.4, 0.5) is 5.69 Å². The molecule has 0 unspecified atom stereocenters. The monoisotopic (exact) mass is 455 g/mol. The number of sulfonamides is 1. The molecule has 0 atom stereocenters. The van der Waals surface area contributed by atoms with Gasteiger partial charge < -0.3 is 5.11 Å². The first-order valence-corrected chi connectivity index (χ1v) is 12.0. The first kappa shape index (κ1) is 22.3. The quantitative estimate of drug-likeness (QED) is 0.482. The van der Waals surface area contributed by atoms with Gasteiger partial charge in [-0.2, -0.15) is 16.8 Å². The number of aromatic hydroxyl groups is 1. The van der Waals surface area contributed by atoms with Gasteiger partial charge in [-0.3, -0.25) is 13.4 Å². The molecule has 11 nitrogen and oxygen atoms in total. The lowest BCUT2D eigenvalue weighted by atomic mass is 10.1. The molecule has 14 heteroatoms. The summed E-state index contributed by atoms with van der Waals surface area (Å²) in [7, 11) is -13.4. The molecule has 3 N–H and O–H groups in total. The molecule has 0 aliphatic carbocycles. The molecule has 2 aromatic carbocycles. The zero-order valence-corrected chi connectivity index (χ0v) is 16.8. The molecule has 0 heterocycles. The van der Waals surface area contributed by atoms with Gasteiger partial charge in [0.15, 0.2) is 0 Å². The van der Waals surface area contributed by atoms with Crippen molar-refractivity contribution < 1.29 is 43.6 Å². The zero-order valence-electron chi connectivity index (χ0n) is 14.4. The Balaban J connectivity index is 2.43. The summed E-state index contributed by atoms with van der Waals surface area (Å²) >= 11 is 0. The van der Waals surface area contributed by atoms with E-state index in [0.29, 0.717) is 0 Å². The minimum absolute atomic E-state index is 0.0381. The van der Waals surface area contributed by atoms with Gasteiger partial charge in [-0.1, -0.05) is 6.07 Å². The van der Waals surface area contributed by atoms with Crippen LogP contribution in [0.2, 0.25) is 0 Å². The van der Waals surface area contributed by atoms with E-state index in [-0.39, 0.29) is 23.0 Å². The lowest BCUT2D eigenvalue weighted by Crippen LogP contribution is -2.34. The molecular formula is C14H17NO10S3. The van der Waals surface area contributed by atoms with E-state index in [1.54, 1.807) is 0 Å². The second-order valence-electron chi connectivity index (χ2n) is 5.55. The molecule has 2 aromatic rings. The second kappa shape index (κ2) is 7.81. The van der Waals surface area contributed by atoms with Crippen LogP contribution < -0.4 is 4.31 Å². The first-order valence-electron chi connectivity index (χ1n) is 7.61. The third kappa shape index (κ3) is 5.30. The maximum absolute atomic E-state index is 12.4. The van der Waals surface area contributed by atoms with Gasteiger partial charge in [-0.15, -0.1) is 0 Å². The number of phenolic OH excluding ortho intramolecular Hbond substituents is 1. The van der Waals surface area contributed by atoms with E-state index in [1.165, 1.54) is 25.1 Å². The third-order valence-electron chi connectivity index (χ3n) is 3.67. The van der Waals surface area contributed by atoms with Crippen LogP contribution in [0.15, 0.2) is 35.2 Å². The molecule has 0 aliphatic heterocycles. The highest BCUT2D eigenvalue weighted by Crippen LogP contribution is 2.32. The van der Waals surface area contributed by atoms with Crippen LogP contribution in [0.3, 0.4) is 0 Å². The number of nitrogens with zero attached hydrogens (tertiary/aromatic N) is 1. The summed E-state index contributed by atoms with van der Waals surface area (Å²) in [4.78, 5) is -0.521. The Labute approximate surface area is 161 Å². The molecule has 0 bridgehead atoms. The average molecular weight is 455 g/mol. The largest absolute Gasteiger partial charge is 0.507 e. The number of hydrogen-bond acceptors (Lipinski definition) is 8. The van der Waals surface area contributed by atoms with Crippen molar-refractivity contribution in [2.24, 2.45) is 0 Å². The maximum atomic E-state index is 12.4. The van der Waals surface area contributed by atoms with E-state index in [2.05, 4.69) is 4.18 Å². The van der Waals surface area contributed by atoms with E-state index < -0.39 is 53.5 Å². The van der Waals surface area contributed by atoms with Crippen LogP contribution in [0.1, 0.15) is 6.92 Å². The van der Waals surface area contributed by atoms with E-state index >= 15 is 0 Å². The highest BCUT2D eigenvalue weighted by Gasteiger charge is 2.23. The summed E-state index contributed by atoms with van der Waals surface area (Å²) in [5.41, 5.74) is 0.122. The van der Waals surface area contributed by atoms with Crippen LogP contribution in [-0.2, 0) is 34.7 Å². The second-order valence-corrected chi connectivity index (χ2v) is 10.1. The van der Waals surface area contributed by atoms with Crippen LogP contribution in [-0.4, -0.2) is 58.4 Å². The Hall–Kier alpha value is -1.97. The van der Waals surface area contributed by atoms with Crippen molar-refractivity contribution in [3.63, 3.8) is 0 Å². The number of anilines is 1. The van der Waals surface area contributed by atoms with Gasteiger partial charge in [-0.25, -0.2) is 12.6 Å². The highest BCUT2D eigenvalue weighted by molar-refractivity contribution is 7.92. The van der Waals surface area contributed by atoms with Gasteiger partial charge in [0.05, 0.1) is 22.9 Å². The SMILES string of the molecule is CCN(c1ccc2cc(S(=O)(=O)O)cc(O)c2c1)S(=O)(=O)CCOS(=O)(=O)O. The minimum Gasteiger partial charge on any atom is -0.507 e. The van der Waals surface area contributed by atoms with E-state index in [4.69, 9.17) is 9.11 Å². The van der Waals surface area contributed by atoms with Gasteiger partial charge in [0.25, 0.3) is 10.1 Å². The van der Waals surface area contributed by atoms with E-state index in [0.717, 1.165) is 16.4 Å². The highest BCUT2D eigenvalue weighted by atomic mass is 32.3. The van der Waals surface area contributed by atoms with Crippen molar-refractivity contribution in [2.45, 2.75) is 11.8 Å². The molecule has 0 saturated carbocycles. The fourth-order valence-electron chi connectivity index (χ4n) is 2.50. The van der Waals surface area contributed by atoms with Gasteiger partial charge in [0.1, 0.15) is 5.75 Å². The van der Waals surface area contributed by atoms with Gasteiger partial charge in [0, 0.05) is 18.0 Å². The van der Waals surface area contributed by atoms with E-state index in [1.807, 2.05) is 0 Å². The van der Waals surface area contributed by atoms with Gasteiger partial charge >= 0.3 is 10.4 Å². The standard InChI is InChI=1S/C14H17NO10S3/c1-2-15(26(17,18)6-5-25-28(22,23)24)11-4-3-10-7-12(27(19,20)21)9-14(16)13(10)8-11/h3-4,7-9,16H,2,5-6H2,1H3,(H,19,20,21)(H,22,23,24). The molecule has 0 radical (unpaired) electrons. The molecule has 2 rings (SSSR count). The topological polar surface area (TPSA) is 176 Å². The summed E-state index contributed by atoms with van der Waals surface area (Å²) in [6.45, 7) is 0.685. The third-order valence-corrected chi connectivity index (χ3v) is 6.79. The van der Waals surface area contributed by atoms with Crippen molar-refractivity contribution in [1.82, 2.24) is 0 Å². The van der Waals surface area contributed by atoms with Crippen molar-refractivity contribution in [2.75, 3.05) is 23.2 Å². The van der Waals surface area contributed by atoms with Crippen molar-refractivity contribution in [1.29, 1.82) is 0 Å². The van der Waals surface area contributed by atoms with Crippen molar-refractivity contribution >= 4 is 47.0 Å².